The van der Waals surface area contributed by atoms with Crippen LogP contribution in [0.15, 0.2) is 16.6 Å². The molecule has 1 aromatic rings. The van der Waals surface area contributed by atoms with Crippen LogP contribution in [0.5, 0.6) is 0 Å². The van der Waals surface area contributed by atoms with Crippen LogP contribution in [0.4, 0.5) is 10.1 Å². The minimum Gasteiger partial charge on any atom is -0.327 e. The first-order valence-corrected chi connectivity index (χ1v) is 5.77. The number of anilines is 1. The lowest BCUT2D eigenvalue weighted by Crippen LogP contribution is -2.24. The zero-order valence-electron chi connectivity index (χ0n) is 8.56. The zero-order chi connectivity index (χ0) is 12.3. The van der Waals surface area contributed by atoms with Gasteiger partial charge in [-0.2, -0.15) is 0 Å². The van der Waals surface area contributed by atoms with E-state index in [1.165, 1.54) is 6.07 Å². The van der Waals surface area contributed by atoms with Gasteiger partial charge in [0.1, 0.15) is 5.82 Å². The third-order valence-electron chi connectivity index (χ3n) is 1.78. The van der Waals surface area contributed by atoms with Crippen LogP contribution in [0.1, 0.15) is 13.3 Å². The summed E-state index contributed by atoms with van der Waals surface area (Å²) in [5, 5.41) is 2.72. The van der Waals surface area contributed by atoms with E-state index < -0.39 is 5.82 Å². The van der Waals surface area contributed by atoms with Gasteiger partial charge in [-0.3, -0.25) is 4.79 Å². The summed E-state index contributed by atoms with van der Waals surface area (Å²) in [6.07, 6.45) is 0.181. The largest absolute Gasteiger partial charge is 0.327 e. The van der Waals surface area contributed by atoms with Crippen LogP contribution in [0.3, 0.4) is 0 Å². The first-order chi connectivity index (χ1) is 7.40. The third-order valence-corrected chi connectivity index (χ3v) is 2.70. The van der Waals surface area contributed by atoms with Crippen LogP contribution in [0.25, 0.3) is 0 Å². The van der Waals surface area contributed by atoms with Crippen LogP contribution >= 0.6 is 27.5 Å². The molecule has 1 amide bonds. The molecule has 3 N–H and O–H groups in total. The van der Waals surface area contributed by atoms with Crippen molar-refractivity contribution >= 4 is 39.1 Å². The highest BCUT2D eigenvalue weighted by atomic mass is 79.9. The molecule has 0 heterocycles. The van der Waals surface area contributed by atoms with E-state index >= 15 is 0 Å². The fraction of sp³-hybridized carbons (Fsp3) is 0.300. The number of halogens is 3. The topological polar surface area (TPSA) is 55.1 Å². The molecule has 1 unspecified atom stereocenters. The predicted molar refractivity (Wildman–Crippen MR) is 66.0 cm³/mol. The van der Waals surface area contributed by atoms with E-state index in [1.807, 2.05) is 0 Å². The Bertz CT molecular complexity index is 389. The second-order valence-electron chi connectivity index (χ2n) is 3.47. The Balaban J connectivity index is 2.85. The number of nitrogens with one attached hydrogen (secondary N) is 1. The van der Waals surface area contributed by atoms with E-state index in [0.717, 1.165) is 6.07 Å². The second-order valence-corrected chi connectivity index (χ2v) is 4.74. The van der Waals surface area contributed by atoms with Gasteiger partial charge < -0.3 is 11.1 Å². The number of carbonyl (C=O) groups excluding carboxylic acids is 1. The lowest BCUT2D eigenvalue weighted by atomic mass is 10.2. The Morgan fingerprint density at radius 1 is 1.69 bits per heavy atom. The summed E-state index contributed by atoms with van der Waals surface area (Å²) in [6, 6.07) is 2.12. The molecular formula is C10H11BrClFN2O. The molecule has 16 heavy (non-hydrogen) atoms. The van der Waals surface area contributed by atoms with Gasteiger partial charge >= 0.3 is 0 Å². The lowest BCUT2D eigenvalue weighted by Gasteiger charge is -2.10. The summed E-state index contributed by atoms with van der Waals surface area (Å²) in [5.74, 6) is -0.730. The van der Waals surface area contributed by atoms with Crippen molar-refractivity contribution in [1.82, 2.24) is 0 Å². The van der Waals surface area contributed by atoms with Crippen molar-refractivity contribution in [2.75, 3.05) is 5.32 Å². The molecule has 0 saturated heterocycles. The van der Waals surface area contributed by atoms with Crippen LogP contribution in [-0.2, 0) is 4.79 Å². The first kappa shape index (κ1) is 13.4. The summed E-state index contributed by atoms with van der Waals surface area (Å²) < 4.78 is 13.3. The van der Waals surface area contributed by atoms with Crippen molar-refractivity contribution < 1.29 is 9.18 Å². The molecule has 0 aromatic heterocycles. The van der Waals surface area contributed by atoms with E-state index in [9.17, 15) is 9.18 Å². The third kappa shape index (κ3) is 3.73. The van der Waals surface area contributed by atoms with Crippen molar-refractivity contribution in [2.24, 2.45) is 5.73 Å². The summed E-state index contributed by atoms with van der Waals surface area (Å²) in [5.41, 5.74) is 5.84. The molecule has 0 aliphatic rings. The van der Waals surface area contributed by atoms with E-state index in [2.05, 4.69) is 21.2 Å². The number of amides is 1. The van der Waals surface area contributed by atoms with Crippen LogP contribution in [-0.4, -0.2) is 11.9 Å². The lowest BCUT2D eigenvalue weighted by molar-refractivity contribution is -0.116. The number of benzene rings is 1. The molecule has 0 spiro atoms. The molecule has 0 fully saturated rings. The monoisotopic (exact) mass is 308 g/mol. The predicted octanol–water partition coefficient (Wildman–Crippen LogP) is 2.92. The van der Waals surface area contributed by atoms with Gasteiger partial charge in [0.2, 0.25) is 5.91 Å². The van der Waals surface area contributed by atoms with E-state index in [-0.39, 0.29) is 23.4 Å². The molecule has 3 nitrogen and oxygen atoms in total. The van der Waals surface area contributed by atoms with Gasteiger partial charge in [-0.1, -0.05) is 11.6 Å². The Morgan fingerprint density at radius 3 is 2.81 bits per heavy atom. The molecule has 0 aliphatic carbocycles. The SMILES string of the molecule is CC(N)CC(=O)Nc1c(Cl)cc(F)cc1Br. The molecular weight excluding hydrogens is 298 g/mol. The molecule has 1 atom stereocenters. The summed E-state index contributed by atoms with van der Waals surface area (Å²) in [7, 11) is 0. The maximum Gasteiger partial charge on any atom is 0.225 e. The summed E-state index contributed by atoms with van der Waals surface area (Å²) in [6.45, 7) is 1.72. The fourth-order valence-corrected chi connectivity index (χ4v) is 2.04. The first-order valence-electron chi connectivity index (χ1n) is 4.60. The van der Waals surface area contributed by atoms with Gasteiger partial charge in [0, 0.05) is 16.9 Å². The highest BCUT2D eigenvalue weighted by Crippen LogP contribution is 2.31. The maximum absolute atomic E-state index is 12.9. The molecule has 88 valence electrons. The van der Waals surface area contributed by atoms with Crippen LogP contribution in [0.2, 0.25) is 5.02 Å². The number of rotatable bonds is 3. The van der Waals surface area contributed by atoms with E-state index in [0.29, 0.717) is 10.2 Å². The van der Waals surface area contributed by atoms with Crippen molar-refractivity contribution in [3.8, 4) is 0 Å². The molecule has 1 aromatic carbocycles. The fourth-order valence-electron chi connectivity index (χ4n) is 1.14. The molecule has 1 rings (SSSR count). The van der Waals surface area contributed by atoms with Gasteiger partial charge in [-0.15, -0.1) is 0 Å². The Kier molecular flexibility index (Phi) is 4.70. The van der Waals surface area contributed by atoms with Crippen molar-refractivity contribution in [1.29, 1.82) is 0 Å². The minimum absolute atomic E-state index is 0.143. The molecule has 0 bridgehead atoms. The Morgan fingerprint density at radius 2 is 2.31 bits per heavy atom. The summed E-state index contributed by atoms with van der Waals surface area (Å²) in [4.78, 5) is 11.4. The molecule has 0 aliphatic heterocycles. The number of nitrogens with two attached hydrogens (primary N) is 1. The molecule has 0 saturated carbocycles. The van der Waals surface area contributed by atoms with Gasteiger partial charge in [0.25, 0.3) is 0 Å². The number of hydrogen-bond acceptors (Lipinski definition) is 2. The van der Waals surface area contributed by atoms with Crippen LogP contribution in [0, 0.1) is 5.82 Å². The number of carbonyl (C=O) groups is 1. The Labute approximate surface area is 106 Å². The van der Waals surface area contributed by atoms with E-state index in [4.69, 9.17) is 17.3 Å². The zero-order valence-corrected chi connectivity index (χ0v) is 10.9. The molecule has 6 heteroatoms. The van der Waals surface area contributed by atoms with Gasteiger partial charge in [-0.25, -0.2) is 4.39 Å². The smallest absolute Gasteiger partial charge is 0.225 e. The second kappa shape index (κ2) is 5.61. The quantitative estimate of drug-likeness (QED) is 0.902. The average Bonchev–Trinajstić information content (AvgIpc) is 2.09. The highest BCUT2D eigenvalue weighted by molar-refractivity contribution is 9.10. The summed E-state index contributed by atoms with van der Waals surface area (Å²) >= 11 is 8.92. The van der Waals surface area contributed by atoms with Crippen molar-refractivity contribution in [3.63, 3.8) is 0 Å². The van der Waals surface area contributed by atoms with Crippen LogP contribution < -0.4 is 11.1 Å². The molecule has 0 radical (unpaired) electrons. The highest BCUT2D eigenvalue weighted by Gasteiger charge is 2.12. The van der Waals surface area contributed by atoms with Gasteiger partial charge in [0.05, 0.1) is 10.7 Å². The van der Waals surface area contributed by atoms with Gasteiger partial charge in [0.15, 0.2) is 0 Å². The Hall–Kier alpha value is -0.650. The minimum atomic E-state index is -0.470. The van der Waals surface area contributed by atoms with E-state index in [1.54, 1.807) is 6.92 Å². The van der Waals surface area contributed by atoms with Gasteiger partial charge in [-0.05, 0) is 35.0 Å². The average molecular weight is 310 g/mol. The van der Waals surface area contributed by atoms with Crippen molar-refractivity contribution in [3.05, 3.63) is 27.4 Å². The number of hydrogen-bond donors (Lipinski definition) is 2. The van der Waals surface area contributed by atoms with Crippen molar-refractivity contribution in [2.45, 2.75) is 19.4 Å². The maximum atomic E-state index is 12.9. The normalized spacial score (nSPS) is 12.3. The standard InChI is InChI=1S/C10H11BrClFN2O/c1-5(14)2-9(16)15-10-7(11)3-6(13)4-8(10)12/h3-5H,2,14H2,1H3,(H,15,16).